The number of rotatable bonds is 4. The quantitative estimate of drug-likeness (QED) is 0.924. The molecule has 0 bridgehead atoms. The largest absolute Gasteiger partial charge is 0.368 e. The van der Waals surface area contributed by atoms with E-state index in [4.69, 9.17) is 5.73 Å². The van der Waals surface area contributed by atoms with Crippen LogP contribution in [0.15, 0.2) is 42.5 Å². The molecule has 20 heavy (non-hydrogen) atoms. The molecule has 2 rings (SSSR count). The average Bonchev–Trinajstić information content (AvgIpc) is 2.41. The second-order valence-corrected chi connectivity index (χ2v) is 4.95. The number of hydrogen-bond acceptors (Lipinski definition) is 2. The number of anilines is 1. The van der Waals surface area contributed by atoms with Gasteiger partial charge < -0.3 is 10.6 Å². The van der Waals surface area contributed by atoms with E-state index in [2.05, 4.69) is 0 Å². The Hall–Kier alpha value is -1.94. The van der Waals surface area contributed by atoms with Crippen molar-refractivity contribution in [2.75, 3.05) is 11.9 Å². The zero-order valence-corrected chi connectivity index (χ0v) is 11.6. The first kappa shape index (κ1) is 14.5. The van der Waals surface area contributed by atoms with Crippen molar-refractivity contribution in [2.24, 2.45) is 5.73 Å². The summed E-state index contributed by atoms with van der Waals surface area (Å²) in [5, 5.41) is 0. The third kappa shape index (κ3) is 3.14. The first-order valence-corrected chi connectivity index (χ1v) is 6.48. The van der Waals surface area contributed by atoms with Gasteiger partial charge in [-0.25, -0.2) is 8.78 Å². The topological polar surface area (TPSA) is 29.3 Å². The zero-order chi connectivity index (χ0) is 14.7. The number of nitrogens with zero attached hydrogens (tertiary/aromatic N) is 1. The van der Waals surface area contributed by atoms with Crippen molar-refractivity contribution in [1.29, 1.82) is 0 Å². The minimum Gasteiger partial charge on any atom is -0.368 e. The molecular formula is C16H18F2N2. The fraction of sp³-hybridized carbons (Fsp3) is 0.250. The van der Waals surface area contributed by atoms with E-state index in [-0.39, 0.29) is 17.7 Å². The van der Waals surface area contributed by atoms with E-state index in [9.17, 15) is 8.78 Å². The van der Waals surface area contributed by atoms with Crippen LogP contribution >= 0.6 is 0 Å². The number of hydrogen-bond donors (Lipinski definition) is 1. The zero-order valence-electron chi connectivity index (χ0n) is 11.6. The Balaban J connectivity index is 2.21. The maximum Gasteiger partial charge on any atom is 0.146 e. The molecule has 2 aromatic carbocycles. The molecule has 0 saturated heterocycles. The lowest BCUT2D eigenvalue weighted by Crippen LogP contribution is -2.19. The third-order valence-electron chi connectivity index (χ3n) is 3.27. The molecule has 0 aliphatic rings. The van der Waals surface area contributed by atoms with Gasteiger partial charge in [-0.05, 0) is 30.7 Å². The molecule has 2 N–H and O–H groups in total. The Morgan fingerprint density at radius 3 is 2.40 bits per heavy atom. The van der Waals surface area contributed by atoms with Crippen LogP contribution in [-0.2, 0) is 6.54 Å². The fourth-order valence-corrected chi connectivity index (χ4v) is 2.08. The fourth-order valence-electron chi connectivity index (χ4n) is 2.08. The Morgan fingerprint density at radius 1 is 1.10 bits per heavy atom. The van der Waals surface area contributed by atoms with Crippen molar-refractivity contribution in [3.8, 4) is 0 Å². The Kier molecular flexibility index (Phi) is 4.35. The van der Waals surface area contributed by atoms with Crippen LogP contribution in [0.2, 0.25) is 0 Å². The van der Waals surface area contributed by atoms with Crippen LogP contribution < -0.4 is 10.6 Å². The predicted octanol–water partition coefficient (Wildman–Crippen LogP) is 3.62. The van der Waals surface area contributed by atoms with Crippen LogP contribution in [0.25, 0.3) is 0 Å². The summed E-state index contributed by atoms with van der Waals surface area (Å²) in [5.41, 5.74) is 7.42. The second-order valence-electron chi connectivity index (χ2n) is 4.95. The summed E-state index contributed by atoms with van der Waals surface area (Å²) >= 11 is 0. The highest BCUT2D eigenvalue weighted by molar-refractivity contribution is 5.49. The first-order valence-electron chi connectivity index (χ1n) is 6.48. The van der Waals surface area contributed by atoms with E-state index in [1.807, 2.05) is 0 Å². The molecular weight excluding hydrogens is 258 g/mol. The molecule has 0 heterocycles. The van der Waals surface area contributed by atoms with Gasteiger partial charge in [0.2, 0.25) is 0 Å². The maximum atomic E-state index is 14.1. The summed E-state index contributed by atoms with van der Waals surface area (Å²) in [5.74, 6) is -0.634. The highest BCUT2D eigenvalue weighted by Gasteiger charge is 2.12. The molecule has 2 nitrogen and oxygen atoms in total. The predicted molar refractivity (Wildman–Crippen MR) is 77.5 cm³/mol. The molecule has 0 spiro atoms. The highest BCUT2D eigenvalue weighted by Crippen LogP contribution is 2.23. The summed E-state index contributed by atoms with van der Waals surface area (Å²) in [6.07, 6.45) is 0. The lowest BCUT2D eigenvalue weighted by atomic mass is 10.1. The van der Waals surface area contributed by atoms with Gasteiger partial charge in [0, 0.05) is 25.2 Å². The Bertz CT molecular complexity index is 597. The summed E-state index contributed by atoms with van der Waals surface area (Å²) in [6.45, 7) is 2.11. The van der Waals surface area contributed by atoms with Gasteiger partial charge in [0.15, 0.2) is 0 Å². The Labute approximate surface area is 117 Å². The van der Waals surface area contributed by atoms with Crippen molar-refractivity contribution in [2.45, 2.75) is 19.5 Å². The lowest BCUT2D eigenvalue weighted by Gasteiger charge is -2.21. The SMILES string of the molecule is C[C@@H](N)c1ccc(N(C)Cc2ccccc2F)c(F)c1. The standard InChI is InChI=1S/C16H18F2N2/c1-11(19)12-7-8-16(15(18)9-12)20(2)10-13-5-3-4-6-14(13)17/h3-9,11H,10,19H2,1-2H3/t11-/m1/s1. The molecule has 0 aromatic heterocycles. The van der Waals surface area contributed by atoms with Crippen molar-refractivity contribution >= 4 is 5.69 Å². The van der Waals surface area contributed by atoms with Gasteiger partial charge in [0.1, 0.15) is 11.6 Å². The van der Waals surface area contributed by atoms with E-state index in [0.717, 1.165) is 5.56 Å². The molecule has 0 fully saturated rings. The smallest absolute Gasteiger partial charge is 0.146 e. The molecule has 0 radical (unpaired) electrons. The van der Waals surface area contributed by atoms with E-state index in [1.165, 1.54) is 12.1 Å². The molecule has 0 unspecified atom stereocenters. The second kappa shape index (κ2) is 6.01. The average molecular weight is 276 g/mol. The highest BCUT2D eigenvalue weighted by atomic mass is 19.1. The summed E-state index contributed by atoms with van der Waals surface area (Å²) in [4.78, 5) is 1.68. The molecule has 1 atom stereocenters. The van der Waals surface area contributed by atoms with Crippen molar-refractivity contribution in [3.05, 3.63) is 65.2 Å². The first-order chi connectivity index (χ1) is 9.49. The van der Waals surface area contributed by atoms with Crippen molar-refractivity contribution in [1.82, 2.24) is 0 Å². The Morgan fingerprint density at radius 2 is 1.80 bits per heavy atom. The van der Waals surface area contributed by atoms with Gasteiger partial charge >= 0.3 is 0 Å². The lowest BCUT2D eigenvalue weighted by molar-refractivity contribution is 0.599. The van der Waals surface area contributed by atoms with E-state index >= 15 is 0 Å². The van der Waals surface area contributed by atoms with Gasteiger partial charge in [-0.2, -0.15) is 0 Å². The minimum absolute atomic E-state index is 0.213. The molecule has 4 heteroatoms. The number of nitrogens with two attached hydrogens (primary N) is 1. The molecule has 0 aliphatic heterocycles. The van der Waals surface area contributed by atoms with Crippen molar-refractivity contribution in [3.63, 3.8) is 0 Å². The van der Waals surface area contributed by atoms with Crippen LogP contribution in [0.1, 0.15) is 24.1 Å². The minimum atomic E-state index is -0.348. The van der Waals surface area contributed by atoms with E-state index in [0.29, 0.717) is 17.8 Å². The third-order valence-corrected chi connectivity index (χ3v) is 3.27. The van der Waals surface area contributed by atoms with Gasteiger partial charge in [-0.1, -0.05) is 24.3 Å². The molecule has 2 aromatic rings. The van der Waals surface area contributed by atoms with Gasteiger partial charge in [0.25, 0.3) is 0 Å². The molecule has 0 saturated carbocycles. The van der Waals surface area contributed by atoms with E-state index in [1.54, 1.807) is 49.2 Å². The van der Waals surface area contributed by atoms with Crippen LogP contribution in [0.3, 0.4) is 0 Å². The van der Waals surface area contributed by atoms with Crippen LogP contribution in [0.4, 0.5) is 14.5 Å². The number of benzene rings is 2. The van der Waals surface area contributed by atoms with Crippen LogP contribution in [-0.4, -0.2) is 7.05 Å². The van der Waals surface area contributed by atoms with Crippen molar-refractivity contribution < 1.29 is 8.78 Å². The number of halogens is 2. The van der Waals surface area contributed by atoms with E-state index < -0.39 is 0 Å². The van der Waals surface area contributed by atoms with Gasteiger partial charge in [-0.15, -0.1) is 0 Å². The molecule has 106 valence electrons. The van der Waals surface area contributed by atoms with Crippen LogP contribution in [0.5, 0.6) is 0 Å². The maximum absolute atomic E-state index is 14.1. The normalized spacial score (nSPS) is 12.2. The molecule has 0 aliphatic carbocycles. The summed E-state index contributed by atoms with van der Waals surface area (Å²) < 4.78 is 27.7. The van der Waals surface area contributed by atoms with Crippen LogP contribution in [0, 0.1) is 11.6 Å². The molecule has 0 amide bonds. The van der Waals surface area contributed by atoms with Gasteiger partial charge in [-0.3, -0.25) is 0 Å². The monoisotopic (exact) mass is 276 g/mol. The summed E-state index contributed by atoms with van der Waals surface area (Å²) in [6, 6.07) is 11.2. The summed E-state index contributed by atoms with van der Waals surface area (Å²) in [7, 11) is 1.73. The van der Waals surface area contributed by atoms with Gasteiger partial charge in [0.05, 0.1) is 5.69 Å².